The van der Waals surface area contributed by atoms with Gasteiger partial charge in [0.1, 0.15) is 23.5 Å². The molecular weight excluding hydrogens is 505 g/mol. The number of ether oxygens (including phenoxy) is 2. The van der Waals surface area contributed by atoms with E-state index in [4.69, 9.17) is 25.5 Å². The average Bonchev–Trinajstić information content (AvgIpc) is 3.51. The van der Waals surface area contributed by atoms with E-state index in [2.05, 4.69) is 5.32 Å². The number of aromatic nitrogens is 2. The molecule has 37 heavy (non-hydrogen) atoms. The molecule has 3 aromatic carbocycles. The maximum atomic E-state index is 13.6. The van der Waals surface area contributed by atoms with E-state index in [9.17, 15) is 18.8 Å². The molecule has 0 atom stereocenters. The van der Waals surface area contributed by atoms with Gasteiger partial charge in [0.05, 0.1) is 11.6 Å². The smallest absolute Gasteiger partial charge is 0.332 e. The average molecular weight is 522 g/mol. The maximum Gasteiger partial charge on any atom is 0.332 e. The molecule has 1 N–H and O–H groups in total. The molecule has 0 saturated carbocycles. The zero-order chi connectivity index (χ0) is 25.7. The lowest BCUT2D eigenvalue weighted by Crippen LogP contribution is -2.41. The van der Waals surface area contributed by atoms with Crippen molar-refractivity contribution in [3.8, 4) is 11.5 Å². The minimum atomic E-state index is -0.700. The monoisotopic (exact) mass is 521 g/mol. The van der Waals surface area contributed by atoms with Crippen molar-refractivity contribution in [2.45, 2.75) is 13.1 Å². The van der Waals surface area contributed by atoms with Gasteiger partial charge < -0.3 is 19.2 Å². The van der Waals surface area contributed by atoms with Gasteiger partial charge in [-0.1, -0.05) is 29.8 Å². The number of benzene rings is 3. The maximum absolute atomic E-state index is 13.6. The molecule has 0 radical (unpaired) electrons. The van der Waals surface area contributed by atoms with Crippen LogP contribution in [-0.2, 0) is 17.9 Å². The minimum absolute atomic E-state index is 0.0563. The lowest BCUT2D eigenvalue weighted by molar-refractivity contribution is -0.116. The SMILES string of the molecule is O=C(Cn1c(=O)n(Cc2ccc3c(c2)OCO3)c(=O)c2oc3ccccc3c21)Nc1ccc(F)c(Cl)c1. The van der Waals surface area contributed by atoms with Crippen molar-refractivity contribution >= 4 is 45.3 Å². The van der Waals surface area contributed by atoms with Crippen LogP contribution in [0.2, 0.25) is 5.02 Å². The molecular formula is C26H17ClFN3O6. The van der Waals surface area contributed by atoms with Crippen molar-refractivity contribution in [1.29, 1.82) is 0 Å². The summed E-state index contributed by atoms with van der Waals surface area (Å²) in [5.41, 5.74) is 0.0976. The second-order valence-electron chi connectivity index (χ2n) is 8.40. The minimum Gasteiger partial charge on any atom is -0.454 e. The highest BCUT2D eigenvalue weighted by atomic mass is 35.5. The van der Waals surface area contributed by atoms with Gasteiger partial charge in [-0.05, 0) is 48.0 Å². The van der Waals surface area contributed by atoms with Crippen molar-refractivity contribution < 1.29 is 23.1 Å². The molecule has 1 amide bonds. The van der Waals surface area contributed by atoms with Gasteiger partial charge in [-0.25, -0.2) is 9.18 Å². The fourth-order valence-electron chi connectivity index (χ4n) is 4.32. The van der Waals surface area contributed by atoms with Gasteiger partial charge >= 0.3 is 5.69 Å². The number of hydrogen-bond acceptors (Lipinski definition) is 6. The number of hydrogen-bond donors (Lipinski definition) is 1. The first kappa shape index (κ1) is 22.9. The first-order chi connectivity index (χ1) is 17.9. The van der Waals surface area contributed by atoms with Crippen LogP contribution in [0.3, 0.4) is 0 Å². The van der Waals surface area contributed by atoms with Crippen LogP contribution in [0.15, 0.2) is 74.7 Å². The summed E-state index contributed by atoms with van der Waals surface area (Å²) in [4.78, 5) is 40.0. The van der Waals surface area contributed by atoms with E-state index in [-0.39, 0.29) is 35.1 Å². The summed E-state index contributed by atoms with van der Waals surface area (Å²) in [5, 5.41) is 2.96. The Balaban J connectivity index is 1.46. The van der Waals surface area contributed by atoms with E-state index in [0.29, 0.717) is 28.0 Å². The standard InChI is InChI=1S/C26H17ClFN3O6/c27-17-10-15(6-7-18(17)28)29-22(32)12-30-23-16-3-1-2-4-19(16)37-24(23)25(33)31(26(30)34)11-14-5-8-20-21(9-14)36-13-35-20/h1-10H,11-13H2,(H,29,32). The highest BCUT2D eigenvalue weighted by Gasteiger charge is 2.22. The first-order valence-corrected chi connectivity index (χ1v) is 11.5. The van der Waals surface area contributed by atoms with Crippen LogP contribution in [0.25, 0.3) is 22.1 Å². The molecule has 0 unspecified atom stereocenters. The van der Waals surface area contributed by atoms with Gasteiger partial charge in [0.15, 0.2) is 11.5 Å². The van der Waals surface area contributed by atoms with Gasteiger partial charge in [-0.2, -0.15) is 0 Å². The molecule has 3 heterocycles. The summed E-state index contributed by atoms with van der Waals surface area (Å²) >= 11 is 5.81. The van der Waals surface area contributed by atoms with Gasteiger partial charge in [-0.3, -0.25) is 18.7 Å². The van der Waals surface area contributed by atoms with Gasteiger partial charge in [0.2, 0.25) is 18.3 Å². The van der Waals surface area contributed by atoms with Crippen LogP contribution in [0.1, 0.15) is 5.56 Å². The third kappa shape index (κ3) is 4.01. The quantitative estimate of drug-likeness (QED) is 0.373. The zero-order valence-electron chi connectivity index (χ0n) is 19.0. The molecule has 0 fully saturated rings. The van der Waals surface area contributed by atoms with Crippen LogP contribution in [0, 0.1) is 5.82 Å². The van der Waals surface area contributed by atoms with Crippen molar-refractivity contribution in [3.63, 3.8) is 0 Å². The number of amides is 1. The fourth-order valence-corrected chi connectivity index (χ4v) is 4.50. The van der Waals surface area contributed by atoms with Crippen molar-refractivity contribution in [2.75, 3.05) is 12.1 Å². The third-order valence-corrected chi connectivity index (χ3v) is 6.31. The second-order valence-corrected chi connectivity index (χ2v) is 8.81. The number of anilines is 1. The Morgan fingerprint density at radius 3 is 2.65 bits per heavy atom. The number of nitrogens with one attached hydrogen (secondary N) is 1. The van der Waals surface area contributed by atoms with Gasteiger partial charge in [-0.15, -0.1) is 0 Å². The summed E-state index contributed by atoms with van der Waals surface area (Å²) in [7, 11) is 0. The Bertz CT molecular complexity index is 1840. The topological polar surface area (TPSA) is 105 Å². The zero-order valence-corrected chi connectivity index (χ0v) is 19.8. The molecule has 9 nitrogen and oxygen atoms in total. The van der Waals surface area contributed by atoms with Crippen molar-refractivity contribution in [1.82, 2.24) is 9.13 Å². The number of nitrogens with zero attached hydrogens (tertiary/aromatic N) is 2. The Kier molecular flexibility index (Phi) is 5.45. The molecule has 5 aromatic rings. The second kappa shape index (κ2) is 8.82. The summed E-state index contributed by atoms with van der Waals surface area (Å²) < 4.78 is 32.3. The van der Waals surface area contributed by atoms with Gasteiger partial charge in [0.25, 0.3) is 5.56 Å². The molecule has 0 spiro atoms. The van der Waals surface area contributed by atoms with Crippen LogP contribution in [-0.4, -0.2) is 21.8 Å². The molecule has 2 aromatic heterocycles. The van der Waals surface area contributed by atoms with Crippen molar-refractivity contribution in [2.24, 2.45) is 0 Å². The molecule has 0 saturated heterocycles. The van der Waals surface area contributed by atoms with Crippen LogP contribution in [0.5, 0.6) is 11.5 Å². The molecule has 6 rings (SSSR count). The van der Waals surface area contributed by atoms with Crippen LogP contribution in [0.4, 0.5) is 10.1 Å². The largest absolute Gasteiger partial charge is 0.454 e. The number of para-hydroxylation sites is 1. The predicted molar refractivity (Wildman–Crippen MR) is 134 cm³/mol. The summed E-state index contributed by atoms with van der Waals surface area (Å²) in [5.74, 6) is -0.130. The van der Waals surface area contributed by atoms with E-state index in [1.54, 1.807) is 42.5 Å². The number of carbonyl (C=O) groups excluding carboxylic acids is 1. The van der Waals surface area contributed by atoms with Crippen molar-refractivity contribution in [3.05, 3.63) is 97.9 Å². The highest BCUT2D eigenvalue weighted by Crippen LogP contribution is 2.32. The number of halogens is 2. The molecule has 0 aliphatic carbocycles. The van der Waals surface area contributed by atoms with E-state index in [1.807, 2.05) is 0 Å². The molecule has 186 valence electrons. The summed E-state index contributed by atoms with van der Waals surface area (Å²) in [6.07, 6.45) is 0. The molecule has 1 aliphatic heterocycles. The molecule has 0 bridgehead atoms. The normalized spacial score (nSPS) is 12.4. The number of carbonyl (C=O) groups is 1. The van der Waals surface area contributed by atoms with E-state index in [1.165, 1.54) is 16.7 Å². The lowest BCUT2D eigenvalue weighted by Gasteiger charge is -2.13. The molecule has 1 aliphatic rings. The lowest BCUT2D eigenvalue weighted by atomic mass is 10.2. The summed E-state index contributed by atoms with van der Waals surface area (Å²) in [6, 6.07) is 15.7. The number of rotatable bonds is 5. The fraction of sp³-hybridized carbons (Fsp3) is 0.115. The Labute approximate surface area is 212 Å². The third-order valence-electron chi connectivity index (χ3n) is 6.02. The van der Waals surface area contributed by atoms with E-state index in [0.717, 1.165) is 10.6 Å². The Hall–Kier alpha value is -4.57. The van der Waals surface area contributed by atoms with Crippen LogP contribution >= 0.6 is 11.6 Å². The predicted octanol–water partition coefficient (Wildman–Crippen LogP) is 4.12. The number of fused-ring (bicyclic) bond motifs is 4. The summed E-state index contributed by atoms with van der Waals surface area (Å²) in [6.45, 7) is -0.434. The van der Waals surface area contributed by atoms with E-state index >= 15 is 0 Å². The van der Waals surface area contributed by atoms with Crippen LogP contribution < -0.4 is 26.0 Å². The molecule has 11 heteroatoms. The van der Waals surface area contributed by atoms with Gasteiger partial charge in [0, 0.05) is 11.1 Å². The first-order valence-electron chi connectivity index (χ1n) is 11.2. The van der Waals surface area contributed by atoms with E-state index < -0.39 is 29.5 Å². The number of furan rings is 1. The Morgan fingerprint density at radius 2 is 1.81 bits per heavy atom. The highest BCUT2D eigenvalue weighted by molar-refractivity contribution is 6.31. The Morgan fingerprint density at radius 1 is 1.00 bits per heavy atom.